The second kappa shape index (κ2) is 71.6. The van der Waals surface area contributed by atoms with Crippen LogP contribution in [0.25, 0.3) is 0 Å². The molecule has 8 heteroatoms. The Morgan fingerprint density at radius 2 is 0.727 bits per heavy atom. The van der Waals surface area contributed by atoms with Gasteiger partial charge in [-0.25, -0.2) is 0 Å². The summed E-state index contributed by atoms with van der Waals surface area (Å²) in [4.78, 5) is 24.8. The van der Waals surface area contributed by atoms with E-state index in [0.717, 1.165) is 0 Å². The van der Waals surface area contributed by atoms with Gasteiger partial charge in [0.25, 0.3) is 0 Å². The number of carbonyl (C=O) groups is 3. The van der Waals surface area contributed by atoms with E-state index in [4.69, 9.17) is 29.7 Å². The van der Waals surface area contributed by atoms with Gasteiger partial charge in [0.05, 0.1) is 0 Å². The zero-order valence-electron chi connectivity index (χ0n) is 5.89. The Balaban J connectivity index is -0.0000000150. The summed E-state index contributed by atoms with van der Waals surface area (Å²) in [6.45, 7) is -1.50. The molecule has 0 saturated heterocycles. The van der Waals surface area contributed by atoms with Gasteiger partial charge in [0.15, 0.2) is 0 Å². The van der Waals surface area contributed by atoms with E-state index in [0.29, 0.717) is 0 Å². The van der Waals surface area contributed by atoms with E-state index in [-0.39, 0.29) is 74.4 Å². The SMILES string of the molecule is O=C[O-].O=C[O-].O=C[O-].[K+].[Mg+2]. The van der Waals surface area contributed by atoms with Crippen molar-refractivity contribution in [3.63, 3.8) is 0 Å². The predicted molar refractivity (Wildman–Crippen MR) is 23.9 cm³/mol. The first-order chi connectivity index (χ1) is 4.24. The van der Waals surface area contributed by atoms with Crippen LogP contribution in [0.15, 0.2) is 0 Å². The number of carboxylic acid groups (broad SMARTS) is 3. The molecule has 0 spiro atoms. The fourth-order valence-corrected chi connectivity index (χ4v) is 0. The fourth-order valence-electron chi connectivity index (χ4n) is 0. The van der Waals surface area contributed by atoms with Crippen LogP contribution in [-0.4, -0.2) is 42.5 Å². The Labute approximate surface area is 122 Å². The summed E-state index contributed by atoms with van der Waals surface area (Å²) in [5.74, 6) is 0. The van der Waals surface area contributed by atoms with Gasteiger partial charge in [-0.1, -0.05) is 0 Å². The van der Waals surface area contributed by atoms with Crippen LogP contribution >= 0.6 is 0 Å². The Morgan fingerprint density at radius 3 is 0.727 bits per heavy atom. The molecule has 0 radical (unpaired) electrons. The van der Waals surface area contributed by atoms with Crippen LogP contribution in [0.1, 0.15) is 0 Å². The van der Waals surface area contributed by atoms with Gasteiger partial charge in [-0.2, -0.15) is 0 Å². The zero-order valence-corrected chi connectivity index (χ0v) is 10.4. The average Bonchev–Trinajstić information content (AvgIpc) is 1.70. The molecule has 6 nitrogen and oxygen atoms in total. The molecule has 54 valence electrons. The first-order valence-electron chi connectivity index (χ1n) is 1.41. The van der Waals surface area contributed by atoms with Gasteiger partial charge in [0, 0.05) is 19.4 Å². The molecule has 0 amide bonds. The standard InChI is InChI=1S/3CH2O2.K.Mg/c3*2-1-3;;/h3*1H,(H,2,3);;/q;;;+1;+2/p-3. The molecule has 0 aliphatic heterocycles. The Bertz CT molecular complexity index is 54.6. The zero-order chi connectivity index (χ0) is 8.12. The monoisotopic (exact) mass is 198 g/mol. The second-order valence-electron chi connectivity index (χ2n) is 0.289. The molecule has 0 N–H and O–H groups in total. The van der Waals surface area contributed by atoms with E-state index in [1.165, 1.54) is 0 Å². The van der Waals surface area contributed by atoms with Crippen molar-refractivity contribution >= 4 is 42.5 Å². The third kappa shape index (κ3) is 1270. The largest absolute Gasteiger partial charge is 2.00 e. The molecular formula is C3H3KMgO6. The molecule has 0 atom stereocenters. The van der Waals surface area contributed by atoms with Crippen LogP contribution in [0.3, 0.4) is 0 Å². The van der Waals surface area contributed by atoms with Crippen LogP contribution in [0, 0.1) is 0 Å². The summed E-state index contributed by atoms with van der Waals surface area (Å²) in [7, 11) is 0. The molecule has 0 aromatic rings. The maximum absolute atomic E-state index is 8.25. The van der Waals surface area contributed by atoms with E-state index in [1.807, 2.05) is 0 Å². The summed E-state index contributed by atoms with van der Waals surface area (Å²) in [6.07, 6.45) is 0. The van der Waals surface area contributed by atoms with Crippen molar-refractivity contribution in [3.8, 4) is 0 Å². The Kier molecular flexibility index (Phi) is 194. The van der Waals surface area contributed by atoms with E-state index in [1.54, 1.807) is 0 Å². The predicted octanol–water partition coefficient (Wildman–Crippen LogP) is -8.28. The smallest absolute Gasteiger partial charge is 0.554 e. The van der Waals surface area contributed by atoms with Crippen LogP contribution < -0.4 is 66.7 Å². The molecule has 0 aromatic carbocycles. The molecule has 0 aromatic heterocycles. The van der Waals surface area contributed by atoms with Crippen LogP contribution in [0.4, 0.5) is 0 Å². The van der Waals surface area contributed by atoms with Crippen LogP contribution in [0.5, 0.6) is 0 Å². The van der Waals surface area contributed by atoms with Gasteiger partial charge in [0.1, 0.15) is 0 Å². The normalized spacial score (nSPS) is 3.27. The summed E-state index contributed by atoms with van der Waals surface area (Å²) < 4.78 is 0. The van der Waals surface area contributed by atoms with Crippen molar-refractivity contribution in [1.29, 1.82) is 0 Å². The molecule has 0 aliphatic rings. The number of carbonyl (C=O) groups excluding carboxylic acids is 3. The topological polar surface area (TPSA) is 120 Å². The second-order valence-corrected chi connectivity index (χ2v) is 0.289. The fraction of sp³-hybridized carbons (Fsp3) is 0. The molecule has 0 heterocycles. The quantitative estimate of drug-likeness (QED) is 0.281. The molecule has 11 heavy (non-hydrogen) atoms. The molecule has 0 saturated carbocycles. The third-order valence-electron chi connectivity index (χ3n) is 0. The minimum atomic E-state index is -0.500. The first-order valence-corrected chi connectivity index (χ1v) is 1.41. The van der Waals surface area contributed by atoms with E-state index in [9.17, 15) is 0 Å². The van der Waals surface area contributed by atoms with E-state index >= 15 is 0 Å². The molecule has 0 aliphatic carbocycles. The molecule has 0 unspecified atom stereocenters. The van der Waals surface area contributed by atoms with Gasteiger partial charge in [0.2, 0.25) is 0 Å². The minimum absolute atomic E-state index is 0. The van der Waals surface area contributed by atoms with Gasteiger partial charge in [-0.3, -0.25) is 0 Å². The van der Waals surface area contributed by atoms with Crippen molar-refractivity contribution in [2.75, 3.05) is 0 Å². The van der Waals surface area contributed by atoms with E-state index in [2.05, 4.69) is 0 Å². The Hall–Kier alpha value is 0.813. The van der Waals surface area contributed by atoms with Gasteiger partial charge in [-0.15, -0.1) is 0 Å². The summed E-state index contributed by atoms with van der Waals surface area (Å²) in [5, 5.41) is 24.8. The van der Waals surface area contributed by atoms with Crippen molar-refractivity contribution in [1.82, 2.24) is 0 Å². The maximum atomic E-state index is 8.25. The van der Waals surface area contributed by atoms with Crippen LogP contribution in [0.2, 0.25) is 0 Å². The minimum Gasteiger partial charge on any atom is -0.554 e. The first kappa shape index (κ1) is 29.8. The number of rotatable bonds is 0. The van der Waals surface area contributed by atoms with Crippen molar-refractivity contribution in [3.05, 3.63) is 0 Å². The molecular weight excluding hydrogens is 195 g/mol. The van der Waals surface area contributed by atoms with Crippen molar-refractivity contribution in [2.24, 2.45) is 0 Å². The molecule has 0 rings (SSSR count). The van der Waals surface area contributed by atoms with Gasteiger partial charge >= 0.3 is 74.4 Å². The number of hydrogen-bond donors (Lipinski definition) is 0. The molecule has 0 fully saturated rings. The summed E-state index contributed by atoms with van der Waals surface area (Å²) in [5.41, 5.74) is 0. The third-order valence-corrected chi connectivity index (χ3v) is 0. The van der Waals surface area contributed by atoms with Gasteiger partial charge in [-0.05, 0) is 0 Å². The van der Waals surface area contributed by atoms with E-state index < -0.39 is 19.4 Å². The maximum Gasteiger partial charge on any atom is 2.00 e. The molecule has 0 bridgehead atoms. The number of hydrogen-bond acceptors (Lipinski definition) is 6. The summed E-state index contributed by atoms with van der Waals surface area (Å²) >= 11 is 0. The average molecular weight is 198 g/mol. The van der Waals surface area contributed by atoms with Crippen molar-refractivity contribution in [2.45, 2.75) is 0 Å². The van der Waals surface area contributed by atoms with Crippen molar-refractivity contribution < 1.29 is 81.1 Å². The Morgan fingerprint density at radius 1 is 0.727 bits per heavy atom. The summed E-state index contributed by atoms with van der Waals surface area (Å²) in [6, 6.07) is 0. The van der Waals surface area contributed by atoms with Crippen LogP contribution in [-0.2, 0) is 14.4 Å². The van der Waals surface area contributed by atoms with Gasteiger partial charge < -0.3 is 29.7 Å².